The van der Waals surface area contributed by atoms with Crippen LogP contribution in [0.4, 0.5) is 0 Å². The maximum atomic E-state index is 14.4. The summed E-state index contributed by atoms with van der Waals surface area (Å²) in [6.45, 7) is 4.35. The Morgan fingerprint density at radius 2 is 1.43 bits per heavy atom. The summed E-state index contributed by atoms with van der Waals surface area (Å²) < 4.78 is 5.62. The van der Waals surface area contributed by atoms with Gasteiger partial charge in [-0.15, -0.1) is 56.7 Å². The van der Waals surface area contributed by atoms with Crippen molar-refractivity contribution in [3.8, 4) is 38.4 Å². The van der Waals surface area contributed by atoms with Crippen molar-refractivity contribution in [2.24, 2.45) is 5.73 Å². The van der Waals surface area contributed by atoms with Crippen molar-refractivity contribution in [1.82, 2.24) is 56.2 Å². The van der Waals surface area contributed by atoms with Crippen LogP contribution in [0.3, 0.4) is 0 Å². The van der Waals surface area contributed by atoms with Crippen LogP contribution >= 0.6 is 68.4 Å². The van der Waals surface area contributed by atoms with Gasteiger partial charge in [0.1, 0.15) is 83.3 Å². The topological polar surface area (TPSA) is 357 Å². The Balaban J connectivity index is 1.12. The third-order valence-corrected chi connectivity index (χ3v) is 17.5. The Morgan fingerprint density at radius 1 is 0.792 bits per heavy atom. The Hall–Kier alpha value is -7.64. The van der Waals surface area contributed by atoms with E-state index in [4.69, 9.17) is 20.4 Å². The first-order valence-electron chi connectivity index (χ1n) is 23.0. The molecule has 5 unspecified atom stereocenters. The summed E-state index contributed by atoms with van der Waals surface area (Å²) in [5.74, 6) is -5.48. The number of H-pyrrole nitrogens is 1. The van der Waals surface area contributed by atoms with Crippen molar-refractivity contribution in [2.45, 2.75) is 64.1 Å². The number of carbonyl (C=O) groups is 7. The van der Waals surface area contributed by atoms with Gasteiger partial charge in [0.25, 0.3) is 23.6 Å². The van der Waals surface area contributed by atoms with Crippen LogP contribution < -0.4 is 27.0 Å². The molecule has 9 heterocycles. The minimum atomic E-state index is -1.82. The molecule has 12 bridgehead atoms. The van der Waals surface area contributed by atoms with E-state index in [1.54, 1.807) is 37.4 Å². The van der Waals surface area contributed by atoms with E-state index in [-0.39, 0.29) is 100.0 Å². The average Bonchev–Trinajstić information content (AvgIpc) is 4.28. The Labute approximate surface area is 458 Å². The lowest BCUT2D eigenvalue weighted by atomic mass is 10.1. The Bertz CT molecular complexity index is 3740. The fourth-order valence-electron chi connectivity index (χ4n) is 8.19. The molecular weight excluding hydrogens is 1110 g/mol. The lowest BCUT2D eigenvalue weighted by Gasteiger charge is -2.21. The van der Waals surface area contributed by atoms with Crippen molar-refractivity contribution in [3.05, 3.63) is 112 Å². The van der Waals surface area contributed by atoms with Crippen molar-refractivity contribution in [1.29, 1.82) is 0 Å². The molecule has 10 rings (SSSR count). The number of esters is 1. The monoisotopic (exact) mass is 1150 g/mol. The minimum absolute atomic E-state index is 0.0549. The number of aromatic hydroxyl groups is 1. The molecule has 77 heavy (non-hydrogen) atoms. The van der Waals surface area contributed by atoms with E-state index < -0.39 is 77.4 Å². The number of rotatable bonds is 3. The number of nitrogens with two attached hydrogens (primary N) is 1. The largest absolute Gasteiger partial charge is 0.506 e. The van der Waals surface area contributed by atoms with E-state index in [1.165, 1.54) is 40.6 Å². The molecule has 2 aliphatic rings. The Morgan fingerprint density at radius 3 is 2.14 bits per heavy atom. The smallest absolute Gasteiger partial charge is 0.335 e. The van der Waals surface area contributed by atoms with Gasteiger partial charge in [0.05, 0.1) is 29.6 Å². The molecule has 0 radical (unpaired) electrons. The number of pyridine rings is 1. The van der Waals surface area contributed by atoms with Crippen LogP contribution in [0.5, 0.6) is 5.75 Å². The lowest BCUT2D eigenvalue weighted by Crippen LogP contribution is -2.52. The first-order chi connectivity index (χ1) is 36.9. The highest BCUT2D eigenvalue weighted by Gasteiger charge is 2.33. The van der Waals surface area contributed by atoms with Gasteiger partial charge in [-0.05, 0) is 44.0 Å². The standard InChI is InChI=1S/C48H40N12O11S6/c1-4-21-43-57-26(14-74-43)38(65)52-23-9-31(63)47(69)71-10-19-6-5-7-22-32(19)17(2)33(50-22)48(70)77-16-29(53-39(66)27-15-75-44(23)58-27)45-54-24(11-73-45)35-20(8-30(62)36(59-35)46-55-25(12-76-46)37(49)64)42-56-28(13-72-42)40(67)60-34(18(3)61)41(68)51-21/h4-8,11-15,18,23,29,31,34,50,61-63H,9-10,16H2,1-3H3,(H2,49,64)(H,51,68)(H,52,65)(H,53,66)(H,60,67). The normalized spacial score (nSPS) is 19.8. The molecule has 7 aromatic heterocycles. The van der Waals surface area contributed by atoms with E-state index in [1.807, 2.05) is 0 Å². The molecule has 0 saturated carbocycles. The average molecular weight is 1150 g/mol. The molecule has 0 saturated heterocycles. The van der Waals surface area contributed by atoms with Crippen LogP contribution in [0.15, 0.2) is 57.2 Å². The summed E-state index contributed by atoms with van der Waals surface area (Å²) in [5, 5.41) is 53.0. The summed E-state index contributed by atoms with van der Waals surface area (Å²) in [6.07, 6.45) is -2.22. The molecular formula is C48H40N12O11S6. The third-order valence-electron chi connectivity index (χ3n) is 12.1. The molecule has 1 aromatic carbocycles. The van der Waals surface area contributed by atoms with Gasteiger partial charge in [-0.3, -0.25) is 28.8 Å². The van der Waals surface area contributed by atoms with Gasteiger partial charge >= 0.3 is 5.97 Å². The second kappa shape index (κ2) is 21.8. The highest BCUT2D eigenvalue weighted by molar-refractivity contribution is 8.14. The van der Waals surface area contributed by atoms with Gasteiger partial charge < -0.3 is 52.0 Å². The molecule has 8 aromatic rings. The highest BCUT2D eigenvalue weighted by Crippen LogP contribution is 2.42. The summed E-state index contributed by atoms with van der Waals surface area (Å²) in [7, 11) is 0. The van der Waals surface area contributed by atoms with E-state index in [2.05, 4.69) is 46.2 Å². The van der Waals surface area contributed by atoms with Gasteiger partial charge in [0.2, 0.25) is 11.0 Å². The number of aliphatic hydroxyl groups is 2. The van der Waals surface area contributed by atoms with Crippen LogP contribution in [0.25, 0.3) is 49.3 Å². The number of aromatic amines is 1. The van der Waals surface area contributed by atoms with E-state index in [9.17, 15) is 48.9 Å². The second-order valence-corrected chi connectivity index (χ2v) is 22.6. The zero-order valence-electron chi connectivity index (χ0n) is 40.1. The van der Waals surface area contributed by atoms with Gasteiger partial charge in [0, 0.05) is 55.5 Å². The number of allylic oxidation sites excluding steroid dienone is 1. The van der Waals surface area contributed by atoms with Crippen molar-refractivity contribution >= 4 is 126 Å². The number of fused-ring (bicyclic) bond motifs is 13. The SMILES string of the molecule is CC=C1NC(=O)C(C(C)O)NC(=O)c2csc(n2)-c2cc(O)c(-c3nc(C(N)=O)cs3)nc2-c2csc(n2)C2CSC(=O)c3[nH]c4cccc(c4c3C)COC(=O)C(O)CC(NC(=O)c3csc1n3)c1nc(cs1)C(=O)N2. The fourth-order valence-corrected chi connectivity index (χ4v) is 13.4. The number of hydrogen-bond donors (Lipinski definition) is 9. The van der Waals surface area contributed by atoms with Gasteiger partial charge in [0.15, 0.2) is 6.10 Å². The lowest BCUT2D eigenvalue weighted by molar-refractivity contribution is -0.155. The predicted octanol–water partition coefficient (Wildman–Crippen LogP) is 5.25. The maximum Gasteiger partial charge on any atom is 0.335 e. The molecule has 2 aliphatic heterocycles. The first kappa shape index (κ1) is 52.8. The number of aromatic nitrogens is 7. The van der Waals surface area contributed by atoms with E-state index in [0.29, 0.717) is 22.0 Å². The van der Waals surface area contributed by atoms with Crippen LogP contribution in [-0.4, -0.2) is 115 Å². The third kappa shape index (κ3) is 10.7. The summed E-state index contributed by atoms with van der Waals surface area (Å²) in [5.41, 5.74) is 7.49. The Kier molecular flexibility index (Phi) is 14.9. The number of ether oxygens (including phenoxy) is 1. The second-order valence-electron chi connectivity index (χ2n) is 17.2. The molecule has 0 fully saturated rings. The highest BCUT2D eigenvalue weighted by atomic mass is 32.2. The molecule has 0 aliphatic carbocycles. The van der Waals surface area contributed by atoms with Crippen molar-refractivity contribution in [3.63, 3.8) is 0 Å². The number of amides is 5. The van der Waals surface area contributed by atoms with Crippen LogP contribution in [0, 0.1) is 6.92 Å². The van der Waals surface area contributed by atoms with E-state index >= 15 is 0 Å². The summed E-state index contributed by atoms with van der Waals surface area (Å²) in [4.78, 5) is 127. The molecule has 0 spiro atoms. The number of aliphatic hydroxyl groups excluding tert-OH is 2. The molecule has 10 N–H and O–H groups in total. The number of thiazole rings is 5. The summed E-state index contributed by atoms with van der Waals surface area (Å²) >= 11 is 5.91. The number of nitrogens with zero attached hydrogens (tertiary/aromatic N) is 6. The molecule has 394 valence electrons. The number of benzene rings is 1. The number of aryl methyl sites for hydroxylation is 1. The zero-order chi connectivity index (χ0) is 54.4. The first-order valence-corrected chi connectivity index (χ1v) is 28.3. The molecule has 23 nitrogen and oxygen atoms in total. The number of hydrogen-bond acceptors (Lipinski definition) is 23. The fraction of sp³-hybridized carbons (Fsp3) is 0.229. The van der Waals surface area contributed by atoms with Gasteiger partial charge in [-0.1, -0.05) is 30.0 Å². The predicted molar refractivity (Wildman–Crippen MR) is 287 cm³/mol. The maximum absolute atomic E-state index is 14.4. The summed E-state index contributed by atoms with van der Waals surface area (Å²) in [6, 6.07) is 2.79. The number of cyclic esters (lactones) is 1. The van der Waals surface area contributed by atoms with Crippen LogP contribution in [0.2, 0.25) is 0 Å². The van der Waals surface area contributed by atoms with Crippen molar-refractivity contribution in [2.75, 3.05) is 5.75 Å². The van der Waals surface area contributed by atoms with Crippen molar-refractivity contribution < 1.29 is 53.6 Å². The quantitative estimate of drug-likeness (QED) is 0.102. The number of thioether (sulfide) groups is 1. The minimum Gasteiger partial charge on any atom is -0.506 e. The molecule has 5 amide bonds. The van der Waals surface area contributed by atoms with E-state index in [0.717, 1.165) is 68.4 Å². The van der Waals surface area contributed by atoms with Gasteiger partial charge in [-0.25, -0.2) is 34.7 Å². The number of primary amides is 1. The number of nitrogens with one attached hydrogen (secondary N) is 5. The zero-order valence-corrected chi connectivity index (χ0v) is 45.0. The van der Waals surface area contributed by atoms with Crippen LogP contribution in [0.1, 0.15) is 111 Å². The van der Waals surface area contributed by atoms with Crippen LogP contribution in [-0.2, 0) is 20.9 Å². The number of carbonyl (C=O) groups excluding carboxylic acids is 7. The van der Waals surface area contributed by atoms with Gasteiger partial charge in [-0.2, -0.15) is 0 Å². The molecule has 5 atom stereocenters. The molecule has 29 heteroatoms.